The van der Waals surface area contributed by atoms with Gasteiger partial charge in [0.2, 0.25) is 0 Å². The second kappa shape index (κ2) is 7.23. The van der Waals surface area contributed by atoms with Gasteiger partial charge in [0.1, 0.15) is 29.5 Å². The first-order valence-electron chi connectivity index (χ1n) is 8.33. The monoisotopic (exact) mass is 347 g/mol. The summed E-state index contributed by atoms with van der Waals surface area (Å²) in [5, 5.41) is 10.8. The van der Waals surface area contributed by atoms with Crippen LogP contribution in [-0.2, 0) is 7.05 Å². The molecule has 1 aromatic carbocycles. The van der Waals surface area contributed by atoms with Crippen LogP contribution in [0.1, 0.15) is 29.8 Å². The number of benzene rings is 1. The summed E-state index contributed by atoms with van der Waals surface area (Å²) in [6, 6.07) is 5.71. The van der Waals surface area contributed by atoms with Gasteiger partial charge >= 0.3 is 0 Å². The van der Waals surface area contributed by atoms with E-state index in [0.717, 1.165) is 0 Å². The van der Waals surface area contributed by atoms with Crippen molar-refractivity contribution in [2.24, 2.45) is 7.05 Å². The number of likely N-dealkylation sites (tertiary alicyclic amines) is 1. The van der Waals surface area contributed by atoms with E-state index in [2.05, 4.69) is 4.98 Å². The average Bonchev–Trinajstić information content (AvgIpc) is 2.93. The molecule has 0 spiro atoms. The molecule has 2 aromatic rings. The molecule has 1 aliphatic heterocycles. The van der Waals surface area contributed by atoms with Crippen molar-refractivity contribution in [1.29, 1.82) is 0 Å². The van der Waals surface area contributed by atoms with E-state index in [9.17, 15) is 14.3 Å². The molecule has 1 fully saturated rings. The van der Waals surface area contributed by atoms with Crippen LogP contribution in [0.3, 0.4) is 0 Å². The third-order valence-corrected chi connectivity index (χ3v) is 4.45. The zero-order chi connectivity index (χ0) is 17.9. The van der Waals surface area contributed by atoms with Crippen molar-refractivity contribution in [3.63, 3.8) is 0 Å². The second-order valence-electron chi connectivity index (χ2n) is 6.54. The minimum absolute atomic E-state index is 0.115. The largest absolute Gasteiger partial charge is 0.491 e. The summed E-state index contributed by atoms with van der Waals surface area (Å²) in [7, 11) is 1.82. The lowest BCUT2D eigenvalue weighted by Gasteiger charge is -2.26. The zero-order valence-corrected chi connectivity index (χ0v) is 14.2. The smallest absolute Gasteiger partial charge is 0.274 e. The van der Waals surface area contributed by atoms with Crippen molar-refractivity contribution in [2.45, 2.75) is 24.9 Å². The summed E-state index contributed by atoms with van der Waals surface area (Å²) in [5.41, 5.74) is -0.594. The molecule has 6 nitrogen and oxygen atoms in total. The summed E-state index contributed by atoms with van der Waals surface area (Å²) in [6.45, 7) is 1.14. The van der Waals surface area contributed by atoms with E-state index in [4.69, 9.17) is 4.74 Å². The highest BCUT2D eigenvalue weighted by Gasteiger charge is 2.33. The highest BCUT2D eigenvalue weighted by molar-refractivity contribution is 5.92. The number of ether oxygens (including phenoxy) is 1. The van der Waals surface area contributed by atoms with Crippen LogP contribution in [-0.4, -0.2) is 50.8 Å². The van der Waals surface area contributed by atoms with E-state index in [1.54, 1.807) is 22.0 Å². The van der Waals surface area contributed by atoms with Gasteiger partial charge in [-0.2, -0.15) is 0 Å². The number of imidazole rings is 1. The Kier molecular flexibility index (Phi) is 5.03. The lowest BCUT2D eigenvalue weighted by molar-refractivity contribution is -0.0163. The number of nitrogens with zero attached hydrogens (tertiary/aromatic N) is 3. The van der Waals surface area contributed by atoms with E-state index in [1.807, 2.05) is 7.05 Å². The van der Waals surface area contributed by atoms with Crippen LogP contribution < -0.4 is 4.74 Å². The van der Waals surface area contributed by atoms with Crippen molar-refractivity contribution >= 4 is 5.91 Å². The Morgan fingerprint density at radius 1 is 1.32 bits per heavy atom. The Morgan fingerprint density at radius 2 is 2.08 bits per heavy atom. The van der Waals surface area contributed by atoms with Crippen LogP contribution in [0.2, 0.25) is 0 Å². The fourth-order valence-corrected chi connectivity index (χ4v) is 2.96. The number of hydrogen-bond acceptors (Lipinski definition) is 4. The van der Waals surface area contributed by atoms with Crippen LogP contribution in [0.5, 0.6) is 5.75 Å². The fourth-order valence-electron chi connectivity index (χ4n) is 2.96. The molecule has 1 unspecified atom stereocenters. The van der Waals surface area contributed by atoms with E-state index >= 15 is 0 Å². The molecule has 25 heavy (non-hydrogen) atoms. The molecular weight excluding hydrogens is 325 g/mol. The predicted molar refractivity (Wildman–Crippen MR) is 89.8 cm³/mol. The normalized spacial score (nSPS) is 21.0. The first kappa shape index (κ1) is 17.4. The van der Waals surface area contributed by atoms with Gasteiger partial charge in [-0.05, 0) is 43.5 Å². The van der Waals surface area contributed by atoms with E-state index < -0.39 is 5.60 Å². The van der Waals surface area contributed by atoms with Gasteiger partial charge in [-0.3, -0.25) is 4.79 Å². The number of amides is 1. The Balaban J connectivity index is 1.58. The molecule has 134 valence electrons. The molecule has 3 rings (SSSR count). The number of rotatable bonds is 4. The van der Waals surface area contributed by atoms with Crippen LogP contribution in [0.4, 0.5) is 4.39 Å². The maximum Gasteiger partial charge on any atom is 0.274 e. The number of halogens is 1. The van der Waals surface area contributed by atoms with Crippen LogP contribution in [0.15, 0.2) is 36.8 Å². The standard InChI is InChI=1S/C18H22FN3O3/c1-21-11-16(20-13-21)17(23)22-9-2-7-18(24,8-10-22)12-25-15-5-3-14(19)4-6-15/h3-6,11,13,24H,2,7-10,12H2,1H3. The fraction of sp³-hybridized carbons (Fsp3) is 0.444. The molecule has 1 N–H and O–H groups in total. The molecule has 0 saturated carbocycles. The first-order chi connectivity index (χ1) is 12.0. The SMILES string of the molecule is Cn1cnc(C(=O)N2CCCC(O)(COc3ccc(F)cc3)CC2)c1. The zero-order valence-electron chi connectivity index (χ0n) is 14.2. The number of aliphatic hydroxyl groups is 1. The minimum atomic E-state index is -1.01. The number of hydrogen-bond donors (Lipinski definition) is 1. The maximum absolute atomic E-state index is 12.9. The molecule has 1 amide bonds. The molecule has 2 heterocycles. The van der Waals surface area contributed by atoms with Crippen molar-refractivity contribution in [3.8, 4) is 5.75 Å². The minimum Gasteiger partial charge on any atom is -0.491 e. The summed E-state index contributed by atoms with van der Waals surface area (Å²) in [5.74, 6) is 0.0639. The molecule has 0 radical (unpaired) electrons. The third kappa shape index (κ3) is 4.36. The quantitative estimate of drug-likeness (QED) is 0.919. The molecule has 1 atom stereocenters. The number of carbonyl (C=O) groups excluding carboxylic acids is 1. The Morgan fingerprint density at radius 3 is 2.76 bits per heavy atom. The number of aryl methyl sites for hydroxylation is 1. The molecule has 1 aromatic heterocycles. The molecule has 1 saturated heterocycles. The Hall–Kier alpha value is -2.41. The van der Waals surface area contributed by atoms with Gasteiger partial charge in [-0.1, -0.05) is 0 Å². The number of carbonyl (C=O) groups is 1. The van der Waals surface area contributed by atoms with Crippen LogP contribution in [0.25, 0.3) is 0 Å². The second-order valence-corrected chi connectivity index (χ2v) is 6.54. The average molecular weight is 347 g/mol. The van der Waals surface area contributed by atoms with Gasteiger partial charge in [0.15, 0.2) is 0 Å². The molecule has 7 heteroatoms. The lowest BCUT2D eigenvalue weighted by atomic mass is 9.96. The third-order valence-electron chi connectivity index (χ3n) is 4.45. The summed E-state index contributed by atoms with van der Waals surface area (Å²) in [4.78, 5) is 18.3. The summed E-state index contributed by atoms with van der Waals surface area (Å²) in [6.07, 6.45) is 4.93. The van der Waals surface area contributed by atoms with Gasteiger partial charge in [-0.25, -0.2) is 9.37 Å². The van der Waals surface area contributed by atoms with E-state index in [0.29, 0.717) is 43.8 Å². The maximum atomic E-state index is 12.9. The highest BCUT2D eigenvalue weighted by atomic mass is 19.1. The lowest BCUT2D eigenvalue weighted by Crippen LogP contribution is -2.38. The molecule has 0 bridgehead atoms. The van der Waals surface area contributed by atoms with Gasteiger partial charge in [-0.15, -0.1) is 0 Å². The van der Waals surface area contributed by atoms with Crippen molar-refractivity contribution in [1.82, 2.24) is 14.5 Å². The van der Waals surface area contributed by atoms with Gasteiger partial charge in [0, 0.05) is 26.3 Å². The predicted octanol–water partition coefficient (Wildman–Crippen LogP) is 2.00. The van der Waals surface area contributed by atoms with Gasteiger partial charge in [0.05, 0.1) is 6.33 Å². The summed E-state index contributed by atoms with van der Waals surface area (Å²) >= 11 is 0. The van der Waals surface area contributed by atoms with Crippen molar-refractivity contribution in [2.75, 3.05) is 19.7 Å². The Labute approximate surface area is 145 Å². The van der Waals surface area contributed by atoms with E-state index in [1.165, 1.54) is 24.3 Å². The van der Waals surface area contributed by atoms with Gasteiger partial charge < -0.3 is 19.3 Å². The molecular formula is C18H22FN3O3. The Bertz CT molecular complexity index is 731. The first-order valence-corrected chi connectivity index (χ1v) is 8.33. The number of aromatic nitrogens is 2. The van der Waals surface area contributed by atoms with Gasteiger partial charge in [0.25, 0.3) is 5.91 Å². The van der Waals surface area contributed by atoms with Crippen LogP contribution >= 0.6 is 0 Å². The van der Waals surface area contributed by atoms with Crippen LogP contribution in [0, 0.1) is 5.82 Å². The topological polar surface area (TPSA) is 67.6 Å². The van der Waals surface area contributed by atoms with Crippen molar-refractivity contribution < 1.29 is 19.0 Å². The highest BCUT2D eigenvalue weighted by Crippen LogP contribution is 2.25. The summed E-state index contributed by atoms with van der Waals surface area (Å²) < 4.78 is 20.3. The van der Waals surface area contributed by atoms with E-state index in [-0.39, 0.29) is 18.3 Å². The molecule has 1 aliphatic rings. The van der Waals surface area contributed by atoms with Crippen molar-refractivity contribution in [3.05, 3.63) is 48.3 Å². The molecule has 0 aliphatic carbocycles.